The summed E-state index contributed by atoms with van der Waals surface area (Å²) in [7, 11) is 0. The van der Waals surface area contributed by atoms with Gasteiger partial charge >= 0.3 is 0 Å². The van der Waals surface area contributed by atoms with E-state index in [-0.39, 0.29) is 5.91 Å². The summed E-state index contributed by atoms with van der Waals surface area (Å²) in [5.41, 5.74) is 5.82. The van der Waals surface area contributed by atoms with Gasteiger partial charge in [0.2, 0.25) is 11.9 Å². The van der Waals surface area contributed by atoms with Gasteiger partial charge in [-0.3, -0.25) is 15.0 Å². The second-order valence-electron chi connectivity index (χ2n) is 5.18. The molecule has 1 saturated carbocycles. The summed E-state index contributed by atoms with van der Waals surface area (Å²) in [6.07, 6.45) is 6.72. The lowest BCUT2D eigenvalue weighted by atomic mass is 10.0. The monoisotopic (exact) mass is 277 g/mol. The number of nitrogens with two attached hydrogens (primary N) is 1. The van der Waals surface area contributed by atoms with E-state index < -0.39 is 0 Å². The maximum atomic E-state index is 12.1. The zero-order valence-electron chi connectivity index (χ0n) is 12.0. The number of hydrogen-bond donors (Lipinski definition) is 2. The van der Waals surface area contributed by atoms with Crippen LogP contribution in [0.15, 0.2) is 18.5 Å². The molecule has 0 spiro atoms. The molecule has 20 heavy (non-hydrogen) atoms. The Morgan fingerprint density at radius 1 is 1.45 bits per heavy atom. The molecule has 1 amide bonds. The molecule has 6 nitrogen and oxygen atoms in total. The minimum absolute atomic E-state index is 0.0688. The Morgan fingerprint density at radius 3 is 2.85 bits per heavy atom. The van der Waals surface area contributed by atoms with Crippen LogP contribution in [-0.2, 0) is 4.79 Å². The summed E-state index contributed by atoms with van der Waals surface area (Å²) >= 11 is 0. The van der Waals surface area contributed by atoms with Gasteiger partial charge in [0.25, 0.3) is 0 Å². The van der Waals surface area contributed by atoms with Crippen LogP contribution in [-0.4, -0.2) is 46.5 Å². The van der Waals surface area contributed by atoms with Crippen molar-refractivity contribution in [1.82, 2.24) is 14.9 Å². The molecular weight excluding hydrogens is 254 g/mol. The van der Waals surface area contributed by atoms with E-state index in [1.807, 2.05) is 0 Å². The molecule has 0 radical (unpaired) electrons. The molecule has 0 aromatic carbocycles. The zero-order chi connectivity index (χ0) is 14.4. The van der Waals surface area contributed by atoms with Crippen LogP contribution in [0.1, 0.15) is 26.2 Å². The van der Waals surface area contributed by atoms with E-state index in [1.54, 1.807) is 18.5 Å². The third kappa shape index (κ3) is 3.74. The first-order valence-electron chi connectivity index (χ1n) is 7.25. The average Bonchev–Trinajstić information content (AvgIpc) is 2.94. The molecule has 3 N–H and O–H groups in total. The number of amides is 1. The van der Waals surface area contributed by atoms with Gasteiger partial charge in [0, 0.05) is 18.4 Å². The Hall–Kier alpha value is -1.53. The fourth-order valence-electron chi connectivity index (χ4n) is 2.95. The van der Waals surface area contributed by atoms with Crippen LogP contribution in [0.4, 0.5) is 5.95 Å². The standard InChI is InChI=1S/C14H23N5O/c1-2-19(12-6-3-5-11(12)9-15)10-13(20)18-14-16-7-4-8-17-14/h4,7-8,11-12H,2-3,5-6,9-10,15H2,1H3,(H,16,17,18,20). The molecule has 0 aliphatic heterocycles. The van der Waals surface area contributed by atoms with Crippen molar-refractivity contribution in [2.45, 2.75) is 32.2 Å². The summed E-state index contributed by atoms with van der Waals surface area (Å²) in [5.74, 6) is 0.798. The summed E-state index contributed by atoms with van der Waals surface area (Å²) < 4.78 is 0. The van der Waals surface area contributed by atoms with Gasteiger partial charge in [-0.1, -0.05) is 13.3 Å². The molecule has 1 fully saturated rings. The fourth-order valence-corrected chi connectivity index (χ4v) is 2.95. The molecule has 0 saturated heterocycles. The Bertz CT molecular complexity index is 425. The minimum atomic E-state index is -0.0688. The minimum Gasteiger partial charge on any atom is -0.330 e. The van der Waals surface area contributed by atoms with Gasteiger partial charge in [-0.25, -0.2) is 9.97 Å². The van der Waals surface area contributed by atoms with E-state index in [0.717, 1.165) is 13.0 Å². The number of aromatic nitrogens is 2. The van der Waals surface area contributed by atoms with E-state index in [1.165, 1.54) is 12.8 Å². The summed E-state index contributed by atoms with van der Waals surface area (Å²) in [5, 5.41) is 2.73. The molecule has 1 heterocycles. The molecule has 1 aliphatic rings. The second kappa shape index (κ2) is 7.31. The molecule has 1 aromatic rings. The second-order valence-corrected chi connectivity index (χ2v) is 5.18. The van der Waals surface area contributed by atoms with Crippen molar-refractivity contribution in [2.24, 2.45) is 11.7 Å². The van der Waals surface area contributed by atoms with E-state index in [4.69, 9.17) is 5.73 Å². The third-order valence-corrected chi connectivity index (χ3v) is 3.96. The molecule has 6 heteroatoms. The third-order valence-electron chi connectivity index (χ3n) is 3.96. The molecule has 2 unspecified atom stereocenters. The van der Waals surface area contributed by atoms with Crippen LogP contribution in [0.2, 0.25) is 0 Å². The van der Waals surface area contributed by atoms with Crippen molar-refractivity contribution >= 4 is 11.9 Å². The number of anilines is 1. The van der Waals surface area contributed by atoms with Crippen LogP contribution in [0, 0.1) is 5.92 Å². The summed E-state index contributed by atoms with van der Waals surface area (Å²) in [6, 6.07) is 2.14. The lowest BCUT2D eigenvalue weighted by molar-refractivity contribution is -0.118. The van der Waals surface area contributed by atoms with Gasteiger partial charge in [0.1, 0.15) is 0 Å². The SMILES string of the molecule is CCN(CC(=O)Nc1ncccn1)C1CCCC1CN. The van der Waals surface area contributed by atoms with Crippen LogP contribution >= 0.6 is 0 Å². The Labute approximate surface area is 119 Å². The molecule has 1 aliphatic carbocycles. The summed E-state index contributed by atoms with van der Waals surface area (Å²) in [6.45, 7) is 4.00. The lowest BCUT2D eigenvalue weighted by Crippen LogP contribution is -2.44. The smallest absolute Gasteiger partial charge is 0.240 e. The van der Waals surface area contributed by atoms with Crippen molar-refractivity contribution in [3.63, 3.8) is 0 Å². The van der Waals surface area contributed by atoms with E-state index in [9.17, 15) is 4.79 Å². The molecule has 0 bridgehead atoms. The predicted octanol–water partition coefficient (Wildman–Crippen LogP) is 0.864. The summed E-state index contributed by atoms with van der Waals surface area (Å²) in [4.78, 5) is 22.3. The molecule has 2 rings (SSSR count). The average molecular weight is 277 g/mol. The topological polar surface area (TPSA) is 84.1 Å². The molecule has 110 valence electrons. The normalized spacial score (nSPS) is 22.1. The highest BCUT2D eigenvalue weighted by atomic mass is 16.2. The highest BCUT2D eigenvalue weighted by Gasteiger charge is 2.31. The van der Waals surface area contributed by atoms with Crippen molar-refractivity contribution in [3.05, 3.63) is 18.5 Å². The van der Waals surface area contributed by atoms with Gasteiger partial charge < -0.3 is 5.73 Å². The highest BCUT2D eigenvalue weighted by molar-refractivity contribution is 5.90. The van der Waals surface area contributed by atoms with Crippen molar-refractivity contribution in [2.75, 3.05) is 25.0 Å². The van der Waals surface area contributed by atoms with Gasteiger partial charge in [0.05, 0.1) is 6.54 Å². The zero-order valence-corrected chi connectivity index (χ0v) is 12.0. The number of carbonyl (C=O) groups is 1. The maximum Gasteiger partial charge on any atom is 0.240 e. The first-order chi connectivity index (χ1) is 9.74. The van der Waals surface area contributed by atoms with Gasteiger partial charge in [-0.15, -0.1) is 0 Å². The molecular formula is C14H23N5O. The predicted molar refractivity (Wildman–Crippen MR) is 78.1 cm³/mol. The van der Waals surface area contributed by atoms with Crippen LogP contribution in [0.25, 0.3) is 0 Å². The quantitative estimate of drug-likeness (QED) is 0.806. The number of likely N-dealkylation sites (N-methyl/N-ethyl adjacent to an activating group) is 1. The van der Waals surface area contributed by atoms with Crippen LogP contribution in [0.5, 0.6) is 0 Å². The number of rotatable bonds is 6. The first kappa shape index (κ1) is 14.9. The van der Waals surface area contributed by atoms with Crippen LogP contribution in [0.3, 0.4) is 0 Å². The largest absolute Gasteiger partial charge is 0.330 e. The lowest BCUT2D eigenvalue weighted by Gasteiger charge is -2.31. The van der Waals surface area contributed by atoms with Crippen molar-refractivity contribution in [3.8, 4) is 0 Å². The van der Waals surface area contributed by atoms with E-state index in [2.05, 4.69) is 27.1 Å². The van der Waals surface area contributed by atoms with Crippen molar-refractivity contribution in [1.29, 1.82) is 0 Å². The number of carbonyl (C=O) groups excluding carboxylic acids is 1. The maximum absolute atomic E-state index is 12.1. The van der Waals surface area contributed by atoms with Gasteiger partial charge in [-0.2, -0.15) is 0 Å². The number of nitrogens with one attached hydrogen (secondary N) is 1. The van der Waals surface area contributed by atoms with Crippen LogP contribution < -0.4 is 11.1 Å². The molecule has 1 aromatic heterocycles. The Kier molecular flexibility index (Phi) is 5.43. The Balaban J connectivity index is 1.91. The molecule has 2 atom stereocenters. The number of hydrogen-bond acceptors (Lipinski definition) is 5. The van der Waals surface area contributed by atoms with Gasteiger partial charge in [0.15, 0.2) is 0 Å². The van der Waals surface area contributed by atoms with E-state index >= 15 is 0 Å². The Morgan fingerprint density at radius 2 is 2.20 bits per heavy atom. The first-order valence-corrected chi connectivity index (χ1v) is 7.25. The fraction of sp³-hybridized carbons (Fsp3) is 0.643. The van der Waals surface area contributed by atoms with E-state index in [0.29, 0.717) is 31.0 Å². The highest BCUT2D eigenvalue weighted by Crippen LogP contribution is 2.28. The van der Waals surface area contributed by atoms with Gasteiger partial charge in [-0.05, 0) is 37.9 Å². The number of nitrogens with zero attached hydrogens (tertiary/aromatic N) is 3. The van der Waals surface area contributed by atoms with Crippen molar-refractivity contribution < 1.29 is 4.79 Å².